The third kappa shape index (κ3) is 4.09. The Morgan fingerprint density at radius 2 is 0.840 bits per heavy atom. The van der Waals surface area contributed by atoms with Gasteiger partial charge in [0.1, 0.15) is 23.7 Å². The van der Waals surface area contributed by atoms with E-state index in [2.05, 4.69) is 123 Å². The molecule has 0 saturated carbocycles. The first-order chi connectivity index (χ1) is 12.0. The molecule has 0 unspecified atom stereocenters. The zero-order chi connectivity index (χ0) is 17.8. The van der Waals surface area contributed by atoms with Crippen molar-refractivity contribution < 1.29 is 0 Å². The van der Waals surface area contributed by atoms with Crippen molar-refractivity contribution in [2.45, 2.75) is 0 Å². The van der Waals surface area contributed by atoms with Gasteiger partial charge in [-0.2, -0.15) is 0 Å². The quantitative estimate of drug-likeness (QED) is 0.535. The molecule has 2 heteroatoms. The van der Waals surface area contributed by atoms with E-state index in [0.29, 0.717) is 0 Å². The van der Waals surface area contributed by atoms with Crippen LogP contribution in [0, 0.1) is 0 Å². The highest BCUT2D eigenvalue weighted by molar-refractivity contribution is 7.92. The van der Waals surface area contributed by atoms with Crippen LogP contribution in [-0.2, 0) is 0 Å². The molecule has 0 radical (unpaired) electrons. The van der Waals surface area contributed by atoms with Crippen LogP contribution in [0.5, 0.6) is 0 Å². The van der Waals surface area contributed by atoms with Gasteiger partial charge in [-0.1, -0.05) is 54.6 Å². The second kappa shape index (κ2) is 7.65. The SMILES string of the molecule is C[P+](C)(C=C[P+](C)(c1ccccc1)c1ccccc1)c1ccccc1. The van der Waals surface area contributed by atoms with Gasteiger partial charge in [-0.25, -0.2) is 0 Å². The van der Waals surface area contributed by atoms with Crippen molar-refractivity contribution in [2.24, 2.45) is 0 Å². The molecule has 0 heterocycles. The Balaban J connectivity index is 2.05. The molecule has 0 aliphatic carbocycles. The van der Waals surface area contributed by atoms with Gasteiger partial charge < -0.3 is 0 Å². The van der Waals surface area contributed by atoms with Crippen molar-refractivity contribution in [1.82, 2.24) is 0 Å². The van der Waals surface area contributed by atoms with Crippen LogP contribution in [0.15, 0.2) is 103 Å². The summed E-state index contributed by atoms with van der Waals surface area (Å²) >= 11 is 0. The minimum atomic E-state index is -1.54. The van der Waals surface area contributed by atoms with Gasteiger partial charge in [0.15, 0.2) is 0 Å². The first-order valence-electron chi connectivity index (χ1n) is 8.59. The minimum absolute atomic E-state index is 1.29. The molecule has 0 aliphatic rings. The van der Waals surface area contributed by atoms with Crippen molar-refractivity contribution >= 4 is 30.4 Å². The Morgan fingerprint density at radius 1 is 0.480 bits per heavy atom. The Bertz CT molecular complexity index is 782. The van der Waals surface area contributed by atoms with Crippen LogP contribution in [0.2, 0.25) is 0 Å². The van der Waals surface area contributed by atoms with Crippen LogP contribution in [0.25, 0.3) is 0 Å². The van der Waals surface area contributed by atoms with Crippen molar-refractivity contribution in [3.8, 4) is 0 Å². The van der Waals surface area contributed by atoms with E-state index in [1.165, 1.54) is 15.9 Å². The predicted octanol–water partition coefficient (Wildman–Crippen LogP) is 5.36. The summed E-state index contributed by atoms with van der Waals surface area (Å²) in [4.78, 5) is 0. The first kappa shape index (κ1) is 18.1. The van der Waals surface area contributed by atoms with E-state index in [4.69, 9.17) is 0 Å². The summed E-state index contributed by atoms with van der Waals surface area (Å²) in [5.74, 6) is 5.04. The highest BCUT2D eigenvalue weighted by atomic mass is 31.2. The van der Waals surface area contributed by atoms with Crippen molar-refractivity contribution in [3.05, 3.63) is 103 Å². The van der Waals surface area contributed by atoms with E-state index in [9.17, 15) is 0 Å². The number of rotatable bonds is 5. The van der Waals surface area contributed by atoms with Crippen molar-refractivity contribution in [2.75, 3.05) is 20.0 Å². The molecule has 3 rings (SSSR count). The molecule has 0 amide bonds. The van der Waals surface area contributed by atoms with Gasteiger partial charge >= 0.3 is 0 Å². The standard InChI is InChI=1S/C23H26P2/c1-24(2,21-13-7-4-8-14-21)19-20-25(3,22-15-9-5-10-16-22)23-17-11-6-12-18-23/h4-20H,1-3H3/q+2. The van der Waals surface area contributed by atoms with Gasteiger partial charge in [0.05, 0.1) is 38.4 Å². The molecule has 0 spiro atoms. The topological polar surface area (TPSA) is 0 Å². The molecule has 25 heavy (non-hydrogen) atoms. The van der Waals surface area contributed by atoms with Gasteiger partial charge in [-0.05, 0) is 36.4 Å². The number of hydrogen-bond donors (Lipinski definition) is 0. The fraction of sp³-hybridized carbons (Fsp3) is 0.130. The lowest BCUT2D eigenvalue weighted by Gasteiger charge is -2.20. The Labute approximate surface area is 153 Å². The van der Waals surface area contributed by atoms with Crippen molar-refractivity contribution in [3.63, 3.8) is 0 Å². The van der Waals surface area contributed by atoms with Gasteiger partial charge in [-0.3, -0.25) is 0 Å². The number of benzene rings is 3. The third-order valence-corrected chi connectivity index (χ3v) is 11.0. The smallest absolute Gasteiger partial charge is 0.0620 e. The lowest BCUT2D eigenvalue weighted by Crippen LogP contribution is -2.19. The van der Waals surface area contributed by atoms with Crippen LogP contribution in [0.1, 0.15) is 0 Å². The molecular formula is C23H26P2+2. The number of hydrogen-bond acceptors (Lipinski definition) is 0. The Morgan fingerprint density at radius 3 is 1.24 bits per heavy atom. The van der Waals surface area contributed by atoms with Crippen LogP contribution in [0.3, 0.4) is 0 Å². The van der Waals surface area contributed by atoms with Crippen LogP contribution < -0.4 is 15.9 Å². The molecular weight excluding hydrogens is 338 g/mol. The highest BCUT2D eigenvalue weighted by Crippen LogP contribution is 2.59. The Hall–Kier alpha value is -1.74. The van der Waals surface area contributed by atoms with Crippen LogP contribution >= 0.6 is 14.5 Å². The third-order valence-electron chi connectivity index (χ3n) is 4.74. The fourth-order valence-corrected chi connectivity index (χ4v) is 8.73. The maximum atomic E-state index is 2.53. The van der Waals surface area contributed by atoms with Gasteiger partial charge in [0, 0.05) is 0 Å². The predicted molar refractivity (Wildman–Crippen MR) is 119 cm³/mol. The maximum Gasteiger partial charge on any atom is 0.105 e. The van der Waals surface area contributed by atoms with E-state index in [-0.39, 0.29) is 0 Å². The monoisotopic (exact) mass is 364 g/mol. The lowest BCUT2D eigenvalue weighted by atomic mass is 10.4. The molecule has 3 aromatic carbocycles. The highest BCUT2D eigenvalue weighted by Gasteiger charge is 2.37. The normalized spacial score (nSPS) is 12.4. The molecule has 0 atom stereocenters. The molecule has 0 aromatic heterocycles. The van der Waals surface area contributed by atoms with Crippen molar-refractivity contribution in [1.29, 1.82) is 0 Å². The molecule has 0 nitrogen and oxygen atoms in total. The van der Waals surface area contributed by atoms with E-state index in [1.807, 2.05) is 0 Å². The summed E-state index contributed by atoms with van der Waals surface area (Å²) in [7, 11) is -2.83. The summed E-state index contributed by atoms with van der Waals surface area (Å²) in [6.07, 6.45) is 0. The van der Waals surface area contributed by atoms with Crippen LogP contribution in [0.4, 0.5) is 0 Å². The summed E-state index contributed by atoms with van der Waals surface area (Å²) in [5, 5.41) is 4.33. The molecule has 0 aliphatic heterocycles. The van der Waals surface area contributed by atoms with Crippen LogP contribution in [-0.4, -0.2) is 20.0 Å². The molecule has 0 fully saturated rings. The maximum absolute atomic E-state index is 2.53. The molecule has 0 bridgehead atoms. The molecule has 126 valence electrons. The van der Waals surface area contributed by atoms with Gasteiger partial charge in [0.2, 0.25) is 0 Å². The first-order valence-corrected chi connectivity index (χ1v) is 13.7. The summed E-state index contributed by atoms with van der Waals surface area (Å²) in [6.45, 7) is 7.23. The summed E-state index contributed by atoms with van der Waals surface area (Å²) in [6, 6.07) is 32.8. The second-order valence-electron chi connectivity index (χ2n) is 6.92. The van der Waals surface area contributed by atoms with E-state index >= 15 is 0 Å². The van der Waals surface area contributed by atoms with E-state index < -0.39 is 14.5 Å². The Kier molecular flexibility index (Phi) is 5.53. The molecule has 0 N–H and O–H groups in total. The average molecular weight is 364 g/mol. The van der Waals surface area contributed by atoms with E-state index in [1.54, 1.807) is 0 Å². The summed E-state index contributed by atoms with van der Waals surface area (Å²) in [5.41, 5.74) is 0. The van der Waals surface area contributed by atoms with Gasteiger partial charge in [0.25, 0.3) is 0 Å². The average Bonchev–Trinajstić information content (AvgIpc) is 2.68. The largest absolute Gasteiger partial charge is 0.105 e. The zero-order valence-electron chi connectivity index (χ0n) is 15.2. The minimum Gasteiger partial charge on any atom is -0.0620 e. The molecule has 0 saturated heterocycles. The van der Waals surface area contributed by atoms with E-state index in [0.717, 1.165) is 0 Å². The van der Waals surface area contributed by atoms with Gasteiger partial charge in [-0.15, -0.1) is 0 Å². The zero-order valence-corrected chi connectivity index (χ0v) is 17.0. The second-order valence-corrected chi connectivity index (χ2v) is 14.3. The summed E-state index contributed by atoms with van der Waals surface area (Å²) < 4.78 is 0. The lowest BCUT2D eigenvalue weighted by molar-refractivity contribution is 1.74. The fourth-order valence-electron chi connectivity index (χ4n) is 2.99. The molecule has 3 aromatic rings.